The first kappa shape index (κ1) is 15.8. The fraction of sp³-hybridized carbons (Fsp3) is 0.500. The Bertz CT molecular complexity index is 527. The topological polar surface area (TPSA) is 95.5 Å². The van der Waals surface area contributed by atoms with Gasteiger partial charge in [0.15, 0.2) is 0 Å². The third kappa shape index (κ3) is 3.95. The van der Waals surface area contributed by atoms with Gasteiger partial charge in [0, 0.05) is 11.3 Å². The predicted octanol–water partition coefficient (Wildman–Crippen LogP) is 0.441. The van der Waals surface area contributed by atoms with Gasteiger partial charge < -0.3 is 10.4 Å². The van der Waals surface area contributed by atoms with Gasteiger partial charge in [-0.1, -0.05) is 30.8 Å². The largest absolute Gasteiger partial charge is 0.391 e. The average molecular weight is 310 g/mol. The van der Waals surface area contributed by atoms with Crippen LogP contribution in [0.25, 0.3) is 0 Å². The molecule has 114 valence electrons. The van der Waals surface area contributed by atoms with Crippen LogP contribution in [0.15, 0.2) is 22.0 Å². The molecule has 2 heterocycles. The van der Waals surface area contributed by atoms with Crippen molar-refractivity contribution in [2.75, 3.05) is 6.61 Å². The molecule has 0 aromatic carbocycles. The van der Waals surface area contributed by atoms with Crippen LogP contribution in [0.5, 0.6) is 0 Å². The summed E-state index contributed by atoms with van der Waals surface area (Å²) in [6.45, 7) is 1.89. The third-order valence-corrected chi connectivity index (χ3v) is 4.47. The quantitative estimate of drug-likeness (QED) is 0.655. The van der Waals surface area contributed by atoms with Gasteiger partial charge >= 0.3 is 0 Å². The van der Waals surface area contributed by atoms with Crippen LogP contribution in [0, 0.1) is 5.92 Å². The first-order chi connectivity index (χ1) is 10.0. The van der Waals surface area contributed by atoms with E-state index in [0.29, 0.717) is 11.3 Å². The summed E-state index contributed by atoms with van der Waals surface area (Å²) in [5.41, 5.74) is 0. The van der Waals surface area contributed by atoms with Gasteiger partial charge in [0.25, 0.3) is 5.91 Å². The number of aliphatic hydroxyl groups is 1. The van der Waals surface area contributed by atoms with Crippen molar-refractivity contribution in [3.05, 3.63) is 22.0 Å². The number of amides is 3. The van der Waals surface area contributed by atoms with Crippen molar-refractivity contribution >= 4 is 29.5 Å². The Morgan fingerprint density at radius 1 is 1.48 bits per heavy atom. The number of carbonyl (C=O) groups is 3. The monoisotopic (exact) mass is 310 g/mol. The Labute approximate surface area is 127 Å². The first-order valence-electron chi connectivity index (χ1n) is 6.89. The zero-order valence-corrected chi connectivity index (χ0v) is 12.5. The lowest BCUT2D eigenvalue weighted by Gasteiger charge is -2.24. The van der Waals surface area contributed by atoms with Crippen molar-refractivity contribution in [1.29, 1.82) is 0 Å². The summed E-state index contributed by atoms with van der Waals surface area (Å²) < 4.78 is 0. The molecule has 0 aliphatic carbocycles. The standard InChI is InChI=1S/C14H18N2O4S/c1-2-8-5-9(7-17)21-11(6-8)14(20)15-10-3-4-12(18)16-13(10)19/h5-6,8,10,17H,2-4,7H2,1H3,(H,15,20)(H,16,18,19). The van der Waals surface area contributed by atoms with Crippen LogP contribution in [-0.2, 0) is 14.4 Å². The molecule has 6 nitrogen and oxygen atoms in total. The van der Waals surface area contributed by atoms with Gasteiger partial charge in [0.1, 0.15) is 6.04 Å². The Kier molecular flexibility index (Phi) is 5.19. The highest BCUT2D eigenvalue weighted by Gasteiger charge is 2.29. The summed E-state index contributed by atoms with van der Waals surface area (Å²) in [5.74, 6) is -1.01. The number of piperidine rings is 1. The summed E-state index contributed by atoms with van der Waals surface area (Å²) in [7, 11) is 0. The summed E-state index contributed by atoms with van der Waals surface area (Å²) in [6, 6.07) is -0.680. The van der Waals surface area contributed by atoms with Crippen LogP contribution >= 0.6 is 11.8 Å². The second-order valence-corrected chi connectivity index (χ2v) is 6.14. The molecule has 0 radical (unpaired) electrons. The van der Waals surface area contributed by atoms with E-state index < -0.39 is 11.9 Å². The maximum atomic E-state index is 12.2. The van der Waals surface area contributed by atoms with E-state index in [-0.39, 0.29) is 30.8 Å². The molecule has 3 amide bonds. The number of carbonyl (C=O) groups excluding carboxylic acids is 3. The predicted molar refractivity (Wildman–Crippen MR) is 78.9 cm³/mol. The summed E-state index contributed by atoms with van der Waals surface area (Å²) >= 11 is 1.21. The zero-order valence-electron chi connectivity index (χ0n) is 11.7. The highest BCUT2D eigenvalue weighted by Crippen LogP contribution is 2.33. The van der Waals surface area contributed by atoms with E-state index in [4.69, 9.17) is 0 Å². The number of nitrogens with one attached hydrogen (secondary N) is 2. The van der Waals surface area contributed by atoms with Gasteiger partial charge in [0.2, 0.25) is 11.8 Å². The molecule has 2 atom stereocenters. The molecule has 0 spiro atoms. The molecule has 2 unspecified atom stereocenters. The smallest absolute Gasteiger partial charge is 0.258 e. The van der Waals surface area contributed by atoms with Crippen molar-refractivity contribution in [2.45, 2.75) is 32.2 Å². The van der Waals surface area contributed by atoms with Crippen molar-refractivity contribution in [2.24, 2.45) is 5.92 Å². The van der Waals surface area contributed by atoms with Crippen molar-refractivity contribution < 1.29 is 19.5 Å². The van der Waals surface area contributed by atoms with E-state index in [1.54, 1.807) is 0 Å². The second-order valence-electron chi connectivity index (χ2n) is 4.97. The van der Waals surface area contributed by atoms with Crippen LogP contribution < -0.4 is 10.6 Å². The maximum absolute atomic E-state index is 12.2. The average Bonchev–Trinajstić information content (AvgIpc) is 2.49. The Morgan fingerprint density at radius 3 is 2.86 bits per heavy atom. The molecule has 2 aliphatic rings. The molecule has 1 fully saturated rings. The van der Waals surface area contributed by atoms with E-state index in [2.05, 4.69) is 10.6 Å². The molecule has 7 heteroatoms. The lowest BCUT2D eigenvalue weighted by Crippen LogP contribution is -2.52. The molecule has 1 saturated heterocycles. The highest BCUT2D eigenvalue weighted by molar-refractivity contribution is 8.07. The number of hydrogen-bond acceptors (Lipinski definition) is 5. The van der Waals surface area contributed by atoms with Gasteiger partial charge in [0.05, 0.1) is 11.5 Å². The Morgan fingerprint density at radius 2 is 2.24 bits per heavy atom. The molecule has 2 aliphatic heterocycles. The highest BCUT2D eigenvalue weighted by atomic mass is 32.2. The zero-order chi connectivity index (χ0) is 15.4. The first-order valence-corrected chi connectivity index (χ1v) is 7.71. The van der Waals surface area contributed by atoms with E-state index in [1.165, 1.54) is 11.8 Å². The van der Waals surface area contributed by atoms with E-state index in [1.807, 2.05) is 19.1 Å². The van der Waals surface area contributed by atoms with Crippen molar-refractivity contribution in [3.63, 3.8) is 0 Å². The molecule has 0 aromatic rings. The molecular formula is C14H18N2O4S. The summed E-state index contributed by atoms with van der Waals surface area (Å²) in [5, 5.41) is 14.1. The fourth-order valence-corrected chi connectivity index (χ4v) is 3.18. The van der Waals surface area contributed by atoms with Crippen LogP contribution in [0.2, 0.25) is 0 Å². The molecule has 0 aromatic heterocycles. The van der Waals surface area contributed by atoms with Crippen LogP contribution in [0.4, 0.5) is 0 Å². The molecule has 3 N–H and O–H groups in total. The molecule has 0 saturated carbocycles. The number of imide groups is 1. The third-order valence-electron chi connectivity index (χ3n) is 3.40. The SMILES string of the molecule is CCC1C=C(CO)SC(C(=O)NC2CCC(=O)NC2=O)=C1. The molecule has 21 heavy (non-hydrogen) atoms. The normalized spacial score (nSPS) is 25.8. The Hall–Kier alpha value is -1.60. The number of aliphatic hydroxyl groups excluding tert-OH is 1. The number of thioether (sulfide) groups is 1. The number of rotatable bonds is 4. The van der Waals surface area contributed by atoms with E-state index in [9.17, 15) is 19.5 Å². The minimum atomic E-state index is -0.680. The van der Waals surface area contributed by atoms with Gasteiger partial charge in [-0.25, -0.2) is 0 Å². The van der Waals surface area contributed by atoms with Gasteiger partial charge in [-0.15, -0.1) is 0 Å². The van der Waals surface area contributed by atoms with Crippen LogP contribution in [-0.4, -0.2) is 35.5 Å². The molecule has 2 rings (SSSR count). The lowest BCUT2D eigenvalue weighted by atomic mass is 10.0. The maximum Gasteiger partial charge on any atom is 0.258 e. The second kappa shape index (κ2) is 6.91. The van der Waals surface area contributed by atoms with Gasteiger partial charge in [-0.05, 0) is 18.8 Å². The van der Waals surface area contributed by atoms with E-state index >= 15 is 0 Å². The van der Waals surface area contributed by atoms with Crippen LogP contribution in [0.1, 0.15) is 26.2 Å². The summed E-state index contributed by atoms with van der Waals surface area (Å²) in [6.07, 6.45) is 5.15. The Balaban J connectivity index is 2.01. The van der Waals surface area contributed by atoms with Crippen molar-refractivity contribution in [1.82, 2.24) is 10.6 Å². The van der Waals surface area contributed by atoms with Crippen LogP contribution in [0.3, 0.4) is 0 Å². The van der Waals surface area contributed by atoms with Gasteiger partial charge in [-0.2, -0.15) is 0 Å². The number of hydrogen-bond donors (Lipinski definition) is 3. The minimum absolute atomic E-state index is 0.107. The van der Waals surface area contributed by atoms with Crippen molar-refractivity contribution in [3.8, 4) is 0 Å². The fourth-order valence-electron chi connectivity index (χ4n) is 2.19. The van der Waals surface area contributed by atoms with Gasteiger partial charge in [-0.3, -0.25) is 19.7 Å². The minimum Gasteiger partial charge on any atom is -0.391 e. The number of allylic oxidation sites excluding steroid dienone is 2. The lowest BCUT2D eigenvalue weighted by molar-refractivity contribution is -0.136. The summed E-state index contributed by atoms with van der Waals surface area (Å²) in [4.78, 5) is 36.2. The molecule has 0 bridgehead atoms. The molecular weight excluding hydrogens is 292 g/mol. The van der Waals surface area contributed by atoms with E-state index in [0.717, 1.165) is 11.3 Å².